The summed E-state index contributed by atoms with van der Waals surface area (Å²) in [6.45, 7) is 1.79. The Hall–Kier alpha value is -2.69. The Morgan fingerprint density at radius 2 is 1.81 bits per heavy atom. The summed E-state index contributed by atoms with van der Waals surface area (Å²) in [5, 5.41) is 5.26. The van der Waals surface area contributed by atoms with Crippen molar-refractivity contribution in [2.75, 3.05) is 11.9 Å². The molecule has 0 bridgehead atoms. The molecule has 21 heavy (non-hydrogen) atoms. The molecule has 0 radical (unpaired) electrons. The van der Waals surface area contributed by atoms with Crippen molar-refractivity contribution < 1.29 is 9.59 Å². The minimum absolute atomic E-state index is 0.0678. The molecule has 5 nitrogen and oxygen atoms in total. The van der Waals surface area contributed by atoms with Crippen molar-refractivity contribution in [1.29, 1.82) is 0 Å². The quantitative estimate of drug-likeness (QED) is 0.877. The molecule has 0 saturated heterocycles. The van der Waals surface area contributed by atoms with Crippen LogP contribution in [0.3, 0.4) is 0 Å². The first-order valence-electron chi connectivity index (χ1n) is 6.67. The van der Waals surface area contributed by atoms with Crippen LogP contribution < -0.4 is 10.6 Å². The SMILES string of the molecule is Cc1cccnc1NC(=O)CNC(=O)Cc1ccccc1. The number of hydrogen-bond acceptors (Lipinski definition) is 3. The Morgan fingerprint density at radius 1 is 1.05 bits per heavy atom. The van der Waals surface area contributed by atoms with Crippen LogP contribution in [-0.2, 0) is 16.0 Å². The number of hydrogen-bond donors (Lipinski definition) is 2. The van der Waals surface area contributed by atoms with E-state index in [1.54, 1.807) is 12.3 Å². The highest BCUT2D eigenvalue weighted by Crippen LogP contribution is 2.08. The largest absolute Gasteiger partial charge is 0.347 e. The molecule has 1 aromatic heterocycles. The zero-order chi connectivity index (χ0) is 15.1. The molecule has 1 heterocycles. The summed E-state index contributed by atoms with van der Waals surface area (Å²) in [7, 11) is 0. The Kier molecular flexibility index (Phi) is 5.04. The second-order valence-corrected chi connectivity index (χ2v) is 4.66. The highest BCUT2D eigenvalue weighted by atomic mass is 16.2. The summed E-state index contributed by atoms with van der Waals surface area (Å²) in [5.74, 6) is 0.0344. The molecule has 0 saturated carbocycles. The molecule has 0 unspecified atom stereocenters. The van der Waals surface area contributed by atoms with Gasteiger partial charge in [0.25, 0.3) is 0 Å². The van der Waals surface area contributed by atoms with Gasteiger partial charge in [0, 0.05) is 6.20 Å². The number of nitrogens with zero attached hydrogens (tertiary/aromatic N) is 1. The molecule has 2 amide bonds. The topological polar surface area (TPSA) is 71.1 Å². The normalized spacial score (nSPS) is 9.95. The second-order valence-electron chi connectivity index (χ2n) is 4.66. The second kappa shape index (κ2) is 7.19. The maximum Gasteiger partial charge on any atom is 0.244 e. The maximum atomic E-state index is 11.8. The molecule has 0 fully saturated rings. The van der Waals surface area contributed by atoms with E-state index in [-0.39, 0.29) is 24.8 Å². The van der Waals surface area contributed by atoms with Gasteiger partial charge in [-0.3, -0.25) is 9.59 Å². The van der Waals surface area contributed by atoms with Gasteiger partial charge < -0.3 is 10.6 Å². The van der Waals surface area contributed by atoms with Crippen molar-refractivity contribution in [3.05, 3.63) is 59.8 Å². The van der Waals surface area contributed by atoms with Crippen LogP contribution in [0, 0.1) is 6.92 Å². The van der Waals surface area contributed by atoms with E-state index in [1.807, 2.05) is 43.3 Å². The van der Waals surface area contributed by atoms with E-state index in [0.29, 0.717) is 5.82 Å². The Labute approximate surface area is 123 Å². The molecular weight excluding hydrogens is 266 g/mol. The first kappa shape index (κ1) is 14.7. The lowest BCUT2D eigenvalue weighted by Gasteiger charge is -2.08. The van der Waals surface area contributed by atoms with Crippen molar-refractivity contribution in [3.8, 4) is 0 Å². The van der Waals surface area contributed by atoms with E-state index in [0.717, 1.165) is 11.1 Å². The Bertz CT molecular complexity index is 626. The minimum atomic E-state index is -0.293. The number of nitrogens with one attached hydrogen (secondary N) is 2. The molecule has 2 N–H and O–H groups in total. The lowest BCUT2D eigenvalue weighted by Crippen LogP contribution is -2.34. The van der Waals surface area contributed by atoms with E-state index < -0.39 is 0 Å². The summed E-state index contributed by atoms with van der Waals surface area (Å²) >= 11 is 0. The molecule has 5 heteroatoms. The van der Waals surface area contributed by atoms with Crippen LogP contribution in [0.15, 0.2) is 48.7 Å². The Balaban J connectivity index is 1.79. The van der Waals surface area contributed by atoms with E-state index in [1.165, 1.54) is 0 Å². The summed E-state index contributed by atoms with van der Waals surface area (Å²) in [5.41, 5.74) is 1.79. The van der Waals surface area contributed by atoms with E-state index >= 15 is 0 Å². The van der Waals surface area contributed by atoms with Gasteiger partial charge in [-0.05, 0) is 24.1 Å². The number of benzene rings is 1. The van der Waals surface area contributed by atoms with Crippen molar-refractivity contribution in [3.63, 3.8) is 0 Å². The highest BCUT2D eigenvalue weighted by Gasteiger charge is 2.08. The van der Waals surface area contributed by atoms with Crippen LogP contribution in [0.5, 0.6) is 0 Å². The van der Waals surface area contributed by atoms with Gasteiger partial charge in [-0.15, -0.1) is 0 Å². The summed E-state index contributed by atoms with van der Waals surface area (Å²) in [6, 6.07) is 13.0. The van der Waals surface area contributed by atoms with Gasteiger partial charge in [-0.2, -0.15) is 0 Å². The van der Waals surface area contributed by atoms with Crippen LogP contribution in [-0.4, -0.2) is 23.3 Å². The molecule has 0 aliphatic heterocycles. The molecule has 2 rings (SSSR count). The number of pyridine rings is 1. The van der Waals surface area contributed by atoms with Crippen LogP contribution in [0.2, 0.25) is 0 Å². The van der Waals surface area contributed by atoms with E-state index in [9.17, 15) is 9.59 Å². The number of aryl methyl sites for hydroxylation is 1. The molecule has 0 atom stereocenters. The summed E-state index contributed by atoms with van der Waals surface area (Å²) < 4.78 is 0. The predicted octanol–water partition coefficient (Wildman–Crippen LogP) is 1.69. The average molecular weight is 283 g/mol. The van der Waals surface area contributed by atoms with Crippen molar-refractivity contribution in [1.82, 2.24) is 10.3 Å². The molecule has 0 spiro atoms. The smallest absolute Gasteiger partial charge is 0.244 e. The number of rotatable bonds is 5. The first-order chi connectivity index (χ1) is 10.1. The number of aromatic nitrogens is 1. The van der Waals surface area contributed by atoms with E-state index in [2.05, 4.69) is 15.6 Å². The summed E-state index contributed by atoms with van der Waals surface area (Å²) in [6.07, 6.45) is 1.87. The zero-order valence-corrected chi connectivity index (χ0v) is 11.8. The zero-order valence-electron chi connectivity index (χ0n) is 11.8. The molecule has 108 valence electrons. The van der Waals surface area contributed by atoms with Crippen molar-refractivity contribution >= 4 is 17.6 Å². The monoisotopic (exact) mass is 283 g/mol. The molecular formula is C16H17N3O2. The number of amides is 2. The van der Waals surface area contributed by atoms with Crippen LogP contribution >= 0.6 is 0 Å². The maximum absolute atomic E-state index is 11.8. The van der Waals surface area contributed by atoms with Crippen LogP contribution in [0.25, 0.3) is 0 Å². The van der Waals surface area contributed by atoms with Crippen molar-refractivity contribution in [2.45, 2.75) is 13.3 Å². The van der Waals surface area contributed by atoms with Gasteiger partial charge in [-0.25, -0.2) is 4.98 Å². The molecule has 1 aromatic carbocycles. The average Bonchev–Trinajstić information content (AvgIpc) is 2.49. The van der Waals surface area contributed by atoms with Crippen molar-refractivity contribution in [2.24, 2.45) is 0 Å². The fourth-order valence-corrected chi connectivity index (χ4v) is 1.82. The third-order valence-electron chi connectivity index (χ3n) is 2.92. The third kappa shape index (κ3) is 4.72. The molecule has 2 aromatic rings. The van der Waals surface area contributed by atoms with Gasteiger partial charge in [0.15, 0.2) is 0 Å². The standard InChI is InChI=1S/C16H17N3O2/c1-12-6-5-9-17-16(12)19-15(21)11-18-14(20)10-13-7-3-2-4-8-13/h2-9H,10-11H2,1H3,(H,18,20)(H,17,19,21). The predicted molar refractivity (Wildman–Crippen MR) is 80.8 cm³/mol. The first-order valence-corrected chi connectivity index (χ1v) is 6.67. The Morgan fingerprint density at radius 3 is 2.52 bits per heavy atom. The summed E-state index contributed by atoms with van der Waals surface area (Å²) in [4.78, 5) is 27.6. The van der Waals surface area contributed by atoms with Gasteiger partial charge in [-0.1, -0.05) is 36.4 Å². The van der Waals surface area contributed by atoms with Crippen LogP contribution in [0.4, 0.5) is 5.82 Å². The van der Waals surface area contributed by atoms with Gasteiger partial charge in [0.1, 0.15) is 5.82 Å². The molecule has 0 aliphatic rings. The van der Waals surface area contributed by atoms with Gasteiger partial charge >= 0.3 is 0 Å². The molecule has 0 aliphatic carbocycles. The minimum Gasteiger partial charge on any atom is -0.347 e. The fraction of sp³-hybridized carbons (Fsp3) is 0.188. The van der Waals surface area contributed by atoms with Gasteiger partial charge in [0.2, 0.25) is 11.8 Å². The number of carbonyl (C=O) groups is 2. The lowest BCUT2D eigenvalue weighted by atomic mass is 10.1. The fourth-order valence-electron chi connectivity index (χ4n) is 1.82. The third-order valence-corrected chi connectivity index (χ3v) is 2.92. The number of carbonyl (C=O) groups excluding carboxylic acids is 2. The van der Waals surface area contributed by atoms with Gasteiger partial charge in [0.05, 0.1) is 13.0 Å². The lowest BCUT2D eigenvalue weighted by molar-refractivity contribution is -0.123. The number of anilines is 1. The van der Waals surface area contributed by atoms with Crippen LogP contribution in [0.1, 0.15) is 11.1 Å². The van der Waals surface area contributed by atoms with E-state index in [4.69, 9.17) is 0 Å². The highest BCUT2D eigenvalue weighted by molar-refractivity contribution is 5.94.